The van der Waals surface area contributed by atoms with Crippen LogP contribution in [0.15, 0.2) is 54.6 Å². The lowest BCUT2D eigenvalue weighted by atomic mass is 9.84. The summed E-state index contributed by atoms with van der Waals surface area (Å²) in [4.78, 5) is 14.4. The first-order chi connectivity index (χ1) is 11.3. The van der Waals surface area contributed by atoms with E-state index in [1.54, 1.807) is 0 Å². The molecule has 1 aliphatic heterocycles. The first kappa shape index (κ1) is 14.5. The standard InChI is InChI=1S/C20H22N2O/c23-20(21-17-10-11-17)14-22-12-16-8-4-5-9-18(16)19(13-22)15-6-2-1-3-7-15/h1-9,17,19H,10-14H2,(H,21,23). The van der Waals surface area contributed by atoms with Crippen molar-refractivity contribution in [2.45, 2.75) is 31.3 Å². The Labute approximate surface area is 137 Å². The lowest BCUT2D eigenvalue weighted by molar-refractivity contribution is -0.122. The molecule has 2 aliphatic rings. The van der Waals surface area contributed by atoms with Crippen molar-refractivity contribution in [2.24, 2.45) is 0 Å². The van der Waals surface area contributed by atoms with Crippen LogP contribution in [0, 0.1) is 0 Å². The lowest BCUT2D eigenvalue weighted by Crippen LogP contribution is -2.42. The largest absolute Gasteiger partial charge is 0.352 e. The van der Waals surface area contributed by atoms with Gasteiger partial charge in [0.05, 0.1) is 6.54 Å². The summed E-state index contributed by atoms with van der Waals surface area (Å²) in [7, 11) is 0. The summed E-state index contributed by atoms with van der Waals surface area (Å²) in [6, 6.07) is 19.7. The number of fused-ring (bicyclic) bond motifs is 1. The smallest absolute Gasteiger partial charge is 0.234 e. The highest BCUT2D eigenvalue weighted by Crippen LogP contribution is 2.33. The molecule has 118 valence electrons. The molecular weight excluding hydrogens is 284 g/mol. The maximum absolute atomic E-state index is 12.2. The molecular formula is C20H22N2O. The maximum atomic E-state index is 12.2. The molecule has 0 saturated heterocycles. The van der Waals surface area contributed by atoms with Gasteiger partial charge in [-0.25, -0.2) is 0 Å². The van der Waals surface area contributed by atoms with E-state index in [1.807, 2.05) is 0 Å². The molecule has 0 aromatic heterocycles. The number of hydrogen-bond donors (Lipinski definition) is 1. The number of nitrogens with zero attached hydrogens (tertiary/aromatic N) is 1. The van der Waals surface area contributed by atoms with Gasteiger partial charge in [0.2, 0.25) is 5.91 Å². The highest BCUT2D eigenvalue weighted by molar-refractivity contribution is 5.78. The normalized spacial score (nSPS) is 20.8. The number of benzene rings is 2. The minimum Gasteiger partial charge on any atom is -0.352 e. The summed E-state index contributed by atoms with van der Waals surface area (Å²) in [6.07, 6.45) is 2.28. The lowest BCUT2D eigenvalue weighted by Gasteiger charge is -2.34. The van der Waals surface area contributed by atoms with Gasteiger partial charge in [-0.2, -0.15) is 0 Å². The Balaban J connectivity index is 1.56. The summed E-state index contributed by atoms with van der Waals surface area (Å²) in [5, 5.41) is 3.10. The van der Waals surface area contributed by atoms with Gasteiger partial charge in [0.25, 0.3) is 0 Å². The molecule has 1 N–H and O–H groups in total. The van der Waals surface area contributed by atoms with Crippen molar-refractivity contribution in [1.82, 2.24) is 10.2 Å². The van der Waals surface area contributed by atoms with E-state index in [2.05, 4.69) is 64.8 Å². The third-order valence-corrected chi connectivity index (χ3v) is 4.78. The summed E-state index contributed by atoms with van der Waals surface area (Å²) in [5.74, 6) is 0.508. The van der Waals surface area contributed by atoms with Gasteiger partial charge in [-0.1, -0.05) is 54.6 Å². The zero-order chi connectivity index (χ0) is 15.6. The molecule has 1 unspecified atom stereocenters. The van der Waals surface area contributed by atoms with Crippen molar-refractivity contribution in [3.63, 3.8) is 0 Å². The van der Waals surface area contributed by atoms with Crippen molar-refractivity contribution in [2.75, 3.05) is 13.1 Å². The van der Waals surface area contributed by atoms with E-state index in [0.29, 0.717) is 18.5 Å². The molecule has 1 aliphatic carbocycles. The Morgan fingerprint density at radius 2 is 1.78 bits per heavy atom. The monoisotopic (exact) mass is 306 g/mol. The van der Waals surface area contributed by atoms with E-state index in [-0.39, 0.29) is 5.91 Å². The Morgan fingerprint density at radius 1 is 1.04 bits per heavy atom. The summed E-state index contributed by atoms with van der Waals surface area (Å²) in [5.41, 5.74) is 4.07. The SMILES string of the molecule is O=C(CN1Cc2ccccc2C(c2ccccc2)C1)NC1CC1. The minimum atomic E-state index is 0.165. The van der Waals surface area contributed by atoms with Crippen LogP contribution in [0.5, 0.6) is 0 Å². The average molecular weight is 306 g/mol. The predicted octanol–water partition coefficient (Wildman–Crippen LogP) is 2.91. The topological polar surface area (TPSA) is 32.3 Å². The van der Waals surface area contributed by atoms with Gasteiger partial charge < -0.3 is 5.32 Å². The summed E-state index contributed by atoms with van der Waals surface area (Å²) in [6.45, 7) is 2.25. The molecule has 1 saturated carbocycles. The Bertz CT molecular complexity index is 694. The fraction of sp³-hybridized carbons (Fsp3) is 0.350. The van der Waals surface area contributed by atoms with Gasteiger partial charge in [0.15, 0.2) is 0 Å². The fourth-order valence-electron chi connectivity index (χ4n) is 3.47. The second-order valence-electron chi connectivity index (χ2n) is 6.67. The summed E-state index contributed by atoms with van der Waals surface area (Å²) >= 11 is 0. The van der Waals surface area contributed by atoms with Gasteiger partial charge in [-0.15, -0.1) is 0 Å². The molecule has 1 amide bonds. The van der Waals surface area contributed by atoms with Gasteiger partial charge >= 0.3 is 0 Å². The van der Waals surface area contributed by atoms with Gasteiger partial charge in [0, 0.05) is 25.0 Å². The third kappa shape index (κ3) is 3.30. The second-order valence-corrected chi connectivity index (χ2v) is 6.67. The number of hydrogen-bond acceptors (Lipinski definition) is 2. The summed E-state index contributed by atoms with van der Waals surface area (Å²) < 4.78 is 0. The van der Waals surface area contributed by atoms with Crippen LogP contribution in [0.4, 0.5) is 0 Å². The number of carbonyl (C=O) groups is 1. The molecule has 23 heavy (non-hydrogen) atoms. The highest BCUT2D eigenvalue weighted by Gasteiger charge is 2.29. The van der Waals surface area contributed by atoms with Crippen molar-refractivity contribution in [3.05, 3.63) is 71.3 Å². The number of amides is 1. The number of nitrogens with one attached hydrogen (secondary N) is 1. The Hall–Kier alpha value is -2.13. The zero-order valence-electron chi connectivity index (χ0n) is 13.2. The first-order valence-electron chi connectivity index (χ1n) is 8.44. The van der Waals surface area contributed by atoms with E-state index < -0.39 is 0 Å². The van der Waals surface area contributed by atoms with Gasteiger partial charge in [-0.3, -0.25) is 9.69 Å². The molecule has 4 rings (SSSR count). The number of carbonyl (C=O) groups excluding carboxylic acids is 1. The third-order valence-electron chi connectivity index (χ3n) is 4.78. The van der Waals surface area contributed by atoms with Crippen LogP contribution in [0.1, 0.15) is 35.4 Å². The van der Waals surface area contributed by atoms with Gasteiger partial charge in [0.1, 0.15) is 0 Å². The quantitative estimate of drug-likeness (QED) is 0.942. The average Bonchev–Trinajstić information content (AvgIpc) is 3.38. The predicted molar refractivity (Wildman–Crippen MR) is 91.2 cm³/mol. The Morgan fingerprint density at radius 3 is 2.57 bits per heavy atom. The molecule has 1 heterocycles. The fourth-order valence-corrected chi connectivity index (χ4v) is 3.47. The minimum absolute atomic E-state index is 0.165. The molecule has 0 bridgehead atoms. The van der Waals surface area contributed by atoms with Crippen LogP contribution < -0.4 is 5.32 Å². The van der Waals surface area contributed by atoms with E-state index in [0.717, 1.165) is 25.9 Å². The molecule has 2 aromatic rings. The molecule has 0 radical (unpaired) electrons. The Kier molecular flexibility index (Phi) is 3.88. The molecule has 1 atom stereocenters. The first-order valence-corrected chi connectivity index (χ1v) is 8.44. The van der Waals surface area contributed by atoms with Crippen molar-refractivity contribution < 1.29 is 4.79 Å². The van der Waals surface area contributed by atoms with Crippen molar-refractivity contribution >= 4 is 5.91 Å². The zero-order valence-corrected chi connectivity index (χ0v) is 13.2. The van der Waals surface area contributed by atoms with Gasteiger partial charge in [-0.05, 0) is 29.5 Å². The van der Waals surface area contributed by atoms with Crippen molar-refractivity contribution in [3.8, 4) is 0 Å². The van der Waals surface area contributed by atoms with E-state index in [9.17, 15) is 4.79 Å². The molecule has 3 nitrogen and oxygen atoms in total. The van der Waals surface area contributed by atoms with Crippen LogP contribution in [-0.4, -0.2) is 29.9 Å². The van der Waals surface area contributed by atoms with Crippen molar-refractivity contribution in [1.29, 1.82) is 0 Å². The van der Waals surface area contributed by atoms with E-state index in [1.165, 1.54) is 16.7 Å². The highest BCUT2D eigenvalue weighted by atomic mass is 16.2. The molecule has 1 fully saturated rings. The van der Waals surface area contributed by atoms with Crippen LogP contribution >= 0.6 is 0 Å². The van der Waals surface area contributed by atoms with Crippen LogP contribution in [0.25, 0.3) is 0 Å². The number of rotatable bonds is 4. The van der Waals surface area contributed by atoms with E-state index in [4.69, 9.17) is 0 Å². The van der Waals surface area contributed by atoms with E-state index >= 15 is 0 Å². The van der Waals surface area contributed by atoms with Crippen LogP contribution in [0.3, 0.4) is 0 Å². The van der Waals surface area contributed by atoms with Crippen LogP contribution in [0.2, 0.25) is 0 Å². The van der Waals surface area contributed by atoms with Crippen LogP contribution in [-0.2, 0) is 11.3 Å². The molecule has 0 spiro atoms. The maximum Gasteiger partial charge on any atom is 0.234 e. The molecule has 3 heteroatoms. The second kappa shape index (κ2) is 6.17. The molecule has 2 aromatic carbocycles.